The van der Waals surface area contributed by atoms with Gasteiger partial charge in [0.1, 0.15) is 5.69 Å². The molecule has 1 aromatic heterocycles. The van der Waals surface area contributed by atoms with E-state index in [0.29, 0.717) is 24.2 Å². The van der Waals surface area contributed by atoms with Crippen molar-refractivity contribution in [2.45, 2.75) is 38.6 Å². The van der Waals surface area contributed by atoms with Crippen LogP contribution in [0.15, 0.2) is 12.3 Å². The van der Waals surface area contributed by atoms with Gasteiger partial charge in [-0.1, -0.05) is 6.92 Å². The Morgan fingerprint density at radius 1 is 1.43 bits per heavy atom. The largest absolute Gasteiger partial charge is 0.350 e. The summed E-state index contributed by atoms with van der Waals surface area (Å²) < 4.78 is 1.94. The van der Waals surface area contributed by atoms with E-state index in [1.165, 1.54) is 32.4 Å². The Bertz CT molecular complexity index is 503. The van der Waals surface area contributed by atoms with Crippen molar-refractivity contribution in [3.63, 3.8) is 0 Å². The Balaban J connectivity index is 1.45. The van der Waals surface area contributed by atoms with E-state index >= 15 is 0 Å². The molecule has 0 aliphatic carbocycles. The van der Waals surface area contributed by atoms with Crippen LogP contribution in [0, 0.1) is 5.92 Å². The quantitative estimate of drug-likeness (QED) is 0.829. The number of hydrogen-bond donors (Lipinski definition) is 2. The van der Waals surface area contributed by atoms with Crippen molar-refractivity contribution in [1.29, 1.82) is 0 Å². The van der Waals surface area contributed by atoms with Gasteiger partial charge in [0, 0.05) is 25.8 Å². The maximum Gasteiger partial charge on any atom is 0.271 e. The molecule has 2 aliphatic heterocycles. The summed E-state index contributed by atoms with van der Waals surface area (Å²) in [6, 6.07) is 2.20. The highest BCUT2D eigenvalue weighted by Crippen LogP contribution is 2.15. The van der Waals surface area contributed by atoms with E-state index in [-0.39, 0.29) is 5.91 Å². The Kier molecular flexibility index (Phi) is 5.67. The summed E-state index contributed by atoms with van der Waals surface area (Å²) in [5, 5.41) is 10.9. The molecule has 3 heterocycles. The first-order chi connectivity index (χ1) is 11.2. The van der Waals surface area contributed by atoms with Crippen molar-refractivity contribution in [3.8, 4) is 0 Å². The second-order valence-corrected chi connectivity index (χ2v) is 7.00. The smallest absolute Gasteiger partial charge is 0.271 e. The van der Waals surface area contributed by atoms with Gasteiger partial charge in [-0.05, 0) is 57.3 Å². The highest BCUT2D eigenvalue weighted by atomic mass is 16.1. The lowest BCUT2D eigenvalue weighted by Crippen LogP contribution is -2.35. The van der Waals surface area contributed by atoms with E-state index in [2.05, 4.69) is 27.6 Å². The fraction of sp³-hybridized carbons (Fsp3) is 0.765. The summed E-state index contributed by atoms with van der Waals surface area (Å²) in [5.41, 5.74) is 0.531. The number of hydrogen-bond acceptors (Lipinski definition) is 4. The maximum absolute atomic E-state index is 12.3. The van der Waals surface area contributed by atoms with E-state index in [0.717, 1.165) is 26.1 Å². The van der Waals surface area contributed by atoms with Gasteiger partial charge in [-0.15, -0.1) is 0 Å². The molecular formula is C17H29N5O. The number of carbonyl (C=O) groups is 1. The van der Waals surface area contributed by atoms with Crippen LogP contribution in [0.4, 0.5) is 0 Å². The molecule has 0 spiro atoms. The SMILES string of the molecule is CC(CNC(=O)c1ccn(C2CCCNC2)n1)CN1CCCC1. The standard InChI is InChI=1S/C17H29N5O/c1-14(13-21-8-2-3-9-21)11-19-17(23)16-6-10-22(20-16)15-5-4-7-18-12-15/h6,10,14-15,18H,2-5,7-9,11-13H2,1H3,(H,19,23). The predicted octanol–water partition coefficient (Wildman–Crippen LogP) is 1.27. The average molecular weight is 319 g/mol. The molecule has 2 N–H and O–H groups in total. The normalized spacial score (nSPS) is 23.8. The lowest BCUT2D eigenvalue weighted by Gasteiger charge is -2.23. The number of carbonyl (C=O) groups excluding carboxylic acids is 1. The second kappa shape index (κ2) is 7.93. The fourth-order valence-corrected chi connectivity index (χ4v) is 3.55. The molecule has 2 atom stereocenters. The Hall–Kier alpha value is -1.40. The van der Waals surface area contributed by atoms with Crippen molar-refractivity contribution in [2.75, 3.05) is 39.3 Å². The van der Waals surface area contributed by atoms with Crippen LogP contribution in [-0.2, 0) is 0 Å². The van der Waals surface area contributed by atoms with Crippen molar-refractivity contribution >= 4 is 5.91 Å². The molecule has 23 heavy (non-hydrogen) atoms. The van der Waals surface area contributed by atoms with Crippen LogP contribution >= 0.6 is 0 Å². The Morgan fingerprint density at radius 2 is 2.26 bits per heavy atom. The molecule has 2 fully saturated rings. The van der Waals surface area contributed by atoms with Crippen LogP contribution in [0.3, 0.4) is 0 Å². The van der Waals surface area contributed by atoms with Gasteiger partial charge in [0.05, 0.1) is 6.04 Å². The number of aromatic nitrogens is 2. The van der Waals surface area contributed by atoms with Crippen LogP contribution in [0.5, 0.6) is 0 Å². The fourth-order valence-electron chi connectivity index (χ4n) is 3.55. The molecule has 128 valence electrons. The van der Waals surface area contributed by atoms with Crippen molar-refractivity contribution in [1.82, 2.24) is 25.3 Å². The van der Waals surface area contributed by atoms with Gasteiger partial charge in [0.2, 0.25) is 0 Å². The molecular weight excluding hydrogens is 290 g/mol. The van der Waals surface area contributed by atoms with Gasteiger partial charge in [0.15, 0.2) is 0 Å². The molecule has 2 saturated heterocycles. The second-order valence-electron chi connectivity index (χ2n) is 7.00. The molecule has 0 radical (unpaired) electrons. The van der Waals surface area contributed by atoms with Crippen LogP contribution < -0.4 is 10.6 Å². The molecule has 1 amide bonds. The first kappa shape index (κ1) is 16.5. The number of piperidine rings is 1. The minimum Gasteiger partial charge on any atom is -0.350 e. The lowest BCUT2D eigenvalue weighted by atomic mass is 10.1. The van der Waals surface area contributed by atoms with Gasteiger partial charge in [0.25, 0.3) is 5.91 Å². The monoisotopic (exact) mass is 319 g/mol. The third kappa shape index (κ3) is 4.54. The number of nitrogens with zero attached hydrogens (tertiary/aromatic N) is 3. The van der Waals surface area contributed by atoms with E-state index < -0.39 is 0 Å². The zero-order chi connectivity index (χ0) is 16.1. The third-order valence-electron chi connectivity index (χ3n) is 4.87. The van der Waals surface area contributed by atoms with Crippen LogP contribution in [-0.4, -0.2) is 59.9 Å². The summed E-state index contributed by atoms with van der Waals surface area (Å²) >= 11 is 0. The number of rotatable bonds is 6. The number of likely N-dealkylation sites (tertiary alicyclic amines) is 1. The van der Waals surface area contributed by atoms with E-state index in [4.69, 9.17) is 0 Å². The van der Waals surface area contributed by atoms with Gasteiger partial charge in [-0.25, -0.2) is 0 Å². The van der Waals surface area contributed by atoms with Gasteiger partial charge in [-0.2, -0.15) is 5.10 Å². The first-order valence-corrected chi connectivity index (χ1v) is 8.99. The zero-order valence-electron chi connectivity index (χ0n) is 14.1. The van der Waals surface area contributed by atoms with Crippen molar-refractivity contribution < 1.29 is 4.79 Å². The topological polar surface area (TPSA) is 62.2 Å². The number of amides is 1. The van der Waals surface area contributed by atoms with Gasteiger partial charge in [-0.3, -0.25) is 9.48 Å². The summed E-state index contributed by atoms with van der Waals surface area (Å²) in [6.45, 7) is 8.42. The summed E-state index contributed by atoms with van der Waals surface area (Å²) in [5.74, 6) is 0.419. The minimum absolute atomic E-state index is 0.0548. The molecule has 0 bridgehead atoms. The van der Waals surface area contributed by atoms with Crippen molar-refractivity contribution in [3.05, 3.63) is 18.0 Å². The lowest BCUT2D eigenvalue weighted by molar-refractivity contribution is 0.0938. The molecule has 2 aliphatic rings. The van der Waals surface area contributed by atoms with Crippen LogP contribution in [0.2, 0.25) is 0 Å². The summed E-state index contributed by atoms with van der Waals surface area (Å²) in [7, 11) is 0. The summed E-state index contributed by atoms with van der Waals surface area (Å²) in [6.07, 6.45) is 6.85. The minimum atomic E-state index is -0.0548. The average Bonchev–Trinajstić information content (AvgIpc) is 3.25. The molecule has 2 unspecified atom stereocenters. The highest BCUT2D eigenvalue weighted by molar-refractivity contribution is 5.92. The Labute approximate surface area is 138 Å². The van der Waals surface area contributed by atoms with Gasteiger partial charge >= 0.3 is 0 Å². The number of nitrogens with one attached hydrogen (secondary N) is 2. The predicted molar refractivity (Wildman–Crippen MR) is 90.5 cm³/mol. The molecule has 0 saturated carbocycles. The maximum atomic E-state index is 12.3. The van der Waals surface area contributed by atoms with Gasteiger partial charge < -0.3 is 15.5 Å². The van der Waals surface area contributed by atoms with Crippen molar-refractivity contribution in [2.24, 2.45) is 5.92 Å². The first-order valence-electron chi connectivity index (χ1n) is 8.99. The summed E-state index contributed by atoms with van der Waals surface area (Å²) in [4.78, 5) is 14.8. The molecule has 6 heteroatoms. The molecule has 0 aromatic carbocycles. The van der Waals surface area contributed by atoms with Crippen LogP contribution in [0.25, 0.3) is 0 Å². The third-order valence-corrected chi connectivity index (χ3v) is 4.87. The molecule has 1 aromatic rings. The van der Waals surface area contributed by atoms with E-state index in [9.17, 15) is 4.79 Å². The highest BCUT2D eigenvalue weighted by Gasteiger charge is 2.19. The Morgan fingerprint density at radius 3 is 3.00 bits per heavy atom. The van der Waals surface area contributed by atoms with E-state index in [1.807, 2.05) is 16.9 Å². The molecule has 6 nitrogen and oxygen atoms in total. The van der Waals surface area contributed by atoms with E-state index in [1.54, 1.807) is 0 Å². The van der Waals surface area contributed by atoms with Crippen LogP contribution in [0.1, 0.15) is 49.1 Å². The zero-order valence-corrected chi connectivity index (χ0v) is 14.1. The molecule has 3 rings (SSSR count).